The molecule has 2 heterocycles. The molecule has 184 valence electrons. The molecule has 0 saturated carbocycles. The van der Waals surface area contributed by atoms with Gasteiger partial charge in [0.2, 0.25) is 5.82 Å². The van der Waals surface area contributed by atoms with Crippen LogP contribution in [0.3, 0.4) is 0 Å². The van der Waals surface area contributed by atoms with Crippen LogP contribution in [0.4, 0.5) is 17.3 Å². The van der Waals surface area contributed by atoms with Crippen molar-refractivity contribution in [1.29, 1.82) is 0 Å². The lowest BCUT2D eigenvalue weighted by molar-refractivity contribution is -0.384. The molecule has 34 heavy (non-hydrogen) atoms. The van der Waals surface area contributed by atoms with E-state index in [4.69, 9.17) is 4.74 Å². The van der Waals surface area contributed by atoms with Crippen molar-refractivity contribution < 1.29 is 22.9 Å². The Hall–Kier alpha value is -3.21. The van der Waals surface area contributed by atoms with Crippen LogP contribution in [0.2, 0.25) is 0 Å². The molecule has 2 aromatic rings. The Bertz CT molecular complexity index is 1090. The Morgan fingerprint density at radius 1 is 1.18 bits per heavy atom. The Kier molecular flexibility index (Phi) is 8.80. The van der Waals surface area contributed by atoms with Gasteiger partial charge >= 0.3 is 11.7 Å². The predicted octanol–water partition coefficient (Wildman–Crippen LogP) is 3.44. The van der Waals surface area contributed by atoms with Gasteiger partial charge in [-0.15, -0.1) is 0 Å². The number of piperidine rings is 1. The van der Waals surface area contributed by atoms with Crippen molar-refractivity contribution in [1.82, 2.24) is 4.98 Å². The summed E-state index contributed by atoms with van der Waals surface area (Å²) >= 11 is 0. The number of pyridine rings is 1. The molecule has 1 aromatic heterocycles. The molecule has 10 nitrogen and oxygen atoms in total. The van der Waals surface area contributed by atoms with Gasteiger partial charge in [-0.05, 0) is 50.8 Å². The summed E-state index contributed by atoms with van der Waals surface area (Å²) in [5, 5.41) is 14.7. The first-order chi connectivity index (χ1) is 16.3. The van der Waals surface area contributed by atoms with Crippen molar-refractivity contribution in [3.8, 4) is 0 Å². The van der Waals surface area contributed by atoms with E-state index in [1.165, 1.54) is 6.07 Å². The van der Waals surface area contributed by atoms with Crippen molar-refractivity contribution in [3.05, 3.63) is 52.6 Å². The molecule has 1 aliphatic rings. The summed E-state index contributed by atoms with van der Waals surface area (Å²) in [5.41, 5.74) is -0.0888. The number of unbranched alkanes of at least 4 members (excludes halogenated alkanes) is 1. The SMILES string of the molecule is CCOC(=O)C1CCN(c2nc(NCCCCS(=O)(=O)c3ccccc3)ccc2[N+](=O)[O-])CC1. The van der Waals surface area contributed by atoms with E-state index in [1.807, 2.05) is 4.90 Å². The van der Waals surface area contributed by atoms with Gasteiger partial charge < -0.3 is 15.0 Å². The zero-order chi connectivity index (χ0) is 24.6. The normalized spacial score (nSPS) is 14.6. The molecule has 11 heteroatoms. The molecule has 0 aliphatic carbocycles. The number of aromatic nitrogens is 1. The molecule has 3 rings (SSSR count). The minimum absolute atomic E-state index is 0.0487. The number of ether oxygens (including phenoxy) is 1. The number of carbonyl (C=O) groups is 1. The second-order valence-corrected chi connectivity index (χ2v) is 10.2. The quantitative estimate of drug-likeness (QED) is 0.218. The molecule has 0 amide bonds. The molecular formula is C23H30N4O6S. The Morgan fingerprint density at radius 2 is 1.88 bits per heavy atom. The van der Waals surface area contributed by atoms with Gasteiger partial charge in [-0.1, -0.05) is 18.2 Å². The van der Waals surface area contributed by atoms with Crippen LogP contribution in [-0.2, 0) is 19.4 Å². The number of carbonyl (C=O) groups excluding carboxylic acids is 1. The van der Waals surface area contributed by atoms with Gasteiger partial charge in [0, 0.05) is 25.7 Å². The van der Waals surface area contributed by atoms with Crippen LogP contribution in [0.15, 0.2) is 47.4 Å². The van der Waals surface area contributed by atoms with Crippen LogP contribution < -0.4 is 10.2 Å². The lowest BCUT2D eigenvalue weighted by Gasteiger charge is -2.31. The van der Waals surface area contributed by atoms with Crippen molar-refractivity contribution in [2.24, 2.45) is 5.92 Å². The number of nitrogens with zero attached hydrogens (tertiary/aromatic N) is 3. The molecule has 1 fully saturated rings. The maximum Gasteiger partial charge on any atom is 0.311 e. The Balaban J connectivity index is 1.55. The molecular weight excluding hydrogens is 460 g/mol. The number of sulfone groups is 1. The molecule has 0 radical (unpaired) electrons. The van der Waals surface area contributed by atoms with Crippen LogP contribution in [0.25, 0.3) is 0 Å². The molecule has 1 aromatic carbocycles. The number of rotatable bonds is 11. The molecule has 1 saturated heterocycles. The van der Waals surface area contributed by atoms with Crippen molar-refractivity contribution >= 4 is 33.1 Å². The first kappa shape index (κ1) is 25.4. The summed E-state index contributed by atoms with van der Waals surface area (Å²) in [6.07, 6.45) is 2.17. The molecule has 1 N–H and O–H groups in total. The Morgan fingerprint density at radius 3 is 2.53 bits per heavy atom. The van der Waals surface area contributed by atoms with E-state index in [0.717, 1.165) is 0 Å². The topological polar surface area (TPSA) is 132 Å². The summed E-state index contributed by atoms with van der Waals surface area (Å²) in [7, 11) is -3.31. The molecule has 1 aliphatic heterocycles. The van der Waals surface area contributed by atoms with E-state index < -0.39 is 14.8 Å². The first-order valence-corrected chi connectivity index (χ1v) is 13.1. The Labute approximate surface area is 199 Å². The number of hydrogen-bond donors (Lipinski definition) is 1. The lowest BCUT2D eigenvalue weighted by atomic mass is 9.97. The standard InChI is InChI=1S/C23H30N4O6S/c1-2-33-23(28)18-12-15-26(16-13-18)22-20(27(29)30)10-11-21(25-22)24-14-6-7-17-34(31,32)19-8-4-3-5-9-19/h3-5,8-11,18H,2,6-7,12-17H2,1H3,(H,24,25). The van der Waals surface area contributed by atoms with Gasteiger partial charge in [0.25, 0.3) is 0 Å². The number of benzene rings is 1. The summed E-state index contributed by atoms with van der Waals surface area (Å²) in [5.74, 6) is 0.369. The second-order valence-electron chi connectivity index (χ2n) is 8.08. The van der Waals surface area contributed by atoms with E-state index in [0.29, 0.717) is 62.6 Å². The largest absolute Gasteiger partial charge is 0.466 e. The predicted molar refractivity (Wildman–Crippen MR) is 129 cm³/mol. The number of hydrogen-bond acceptors (Lipinski definition) is 9. The third-order valence-electron chi connectivity index (χ3n) is 5.71. The summed E-state index contributed by atoms with van der Waals surface area (Å²) in [6.45, 7) is 3.52. The van der Waals surface area contributed by atoms with Gasteiger partial charge in [-0.3, -0.25) is 14.9 Å². The lowest BCUT2D eigenvalue weighted by Crippen LogP contribution is -2.37. The van der Waals surface area contributed by atoms with E-state index in [1.54, 1.807) is 43.3 Å². The fraction of sp³-hybridized carbons (Fsp3) is 0.478. The maximum atomic E-state index is 12.4. The fourth-order valence-electron chi connectivity index (χ4n) is 3.88. The van der Waals surface area contributed by atoms with Crippen LogP contribution in [0.5, 0.6) is 0 Å². The third-order valence-corrected chi connectivity index (χ3v) is 7.53. The maximum absolute atomic E-state index is 12.4. The van der Waals surface area contributed by atoms with E-state index in [2.05, 4.69) is 10.3 Å². The van der Waals surface area contributed by atoms with Gasteiger partial charge in [-0.2, -0.15) is 0 Å². The number of esters is 1. The summed E-state index contributed by atoms with van der Waals surface area (Å²) in [4.78, 5) is 29.6. The summed E-state index contributed by atoms with van der Waals surface area (Å²) < 4.78 is 29.8. The van der Waals surface area contributed by atoms with Gasteiger partial charge in [0.15, 0.2) is 9.84 Å². The zero-order valence-electron chi connectivity index (χ0n) is 19.2. The average Bonchev–Trinajstić information content (AvgIpc) is 2.84. The molecule has 0 atom stereocenters. The number of nitro groups is 1. The average molecular weight is 491 g/mol. The molecule has 0 bridgehead atoms. The van der Waals surface area contributed by atoms with Crippen molar-refractivity contribution in [2.75, 3.05) is 42.2 Å². The summed E-state index contributed by atoms with van der Waals surface area (Å²) in [6, 6.07) is 11.3. The first-order valence-electron chi connectivity index (χ1n) is 11.4. The number of nitrogens with one attached hydrogen (secondary N) is 1. The van der Waals surface area contributed by atoms with Crippen LogP contribution in [-0.4, -0.2) is 56.3 Å². The zero-order valence-corrected chi connectivity index (χ0v) is 20.0. The minimum atomic E-state index is -3.31. The number of anilines is 2. The minimum Gasteiger partial charge on any atom is -0.466 e. The smallest absolute Gasteiger partial charge is 0.311 e. The highest BCUT2D eigenvalue weighted by molar-refractivity contribution is 7.91. The van der Waals surface area contributed by atoms with Crippen molar-refractivity contribution in [2.45, 2.75) is 37.5 Å². The van der Waals surface area contributed by atoms with Gasteiger partial charge in [0.1, 0.15) is 5.82 Å². The third kappa shape index (κ3) is 6.66. The molecule has 0 unspecified atom stereocenters. The van der Waals surface area contributed by atoms with Gasteiger partial charge in [-0.25, -0.2) is 13.4 Å². The second kappa shape index (κ2) is 11.8. The monoisotopic (exact) mass is 490 g/mol. The van der Waals surface area contributed by atoms with E-state index in [9.17, 15) is 23.3 Å². The van der Waals surface area contributed by atoms with Crippen LogP contribution in [0.1, 0.15) is 32.6 Å². The van der Waals surface area contributed by atoms with Crippen molar-refractivity contribution in [3.63, 3.8) is 0 Å². The van der Waals surface area contributed by atoms with E-state index >= 15 is 0 Å². The van der Waals surface area contributed by atoms with Gasteiger partial charge in [0.05, 0.1) is 28.1 Å². The highest BCUT2D eigenvalue weighted by Crippen LogP contribution is 2.31. The fourth-order valence-corrected chi connectivity index (χ4v) is 5.27. The molecule has 0 spiro atoms. The van der Waals surface area contributed by atoms with Crippen LogP contribution >= 0.6 is 0 Å². The van der Waals surface area contributed by atoms with Crippen LogP contribution in [0, 0.1) is 16.0 Å². The van der Waals surface area contributed by atoms with E-state index in [-0.39, 0.29) is 29.1 Å². The highest BCUT2D eigenvalue weighted by atomic mass is 32.2. The highest BCUT2D eigenvalue weighted by Gasteiger charge is 2.30.